The molecule has 0 aliphatic carbocycles. The fourth-order valence-electron chi connectivity index (χ4n) is 2.36. The lowest BCUT2D eigenvalue weighted by Crippen LogP contribution is -1.99. The van der Waals surface area contributed by atoms with Crippen LogP contribution in [0.2, 0.25) is 0 Å². The first-order valence-electron chi connectivity index (χ1n) is 6.19. The molecule has 0 saturated heterocycles. The van der Waals surface area contributed by atoms with E-state index in [1.165, 1.54) is 23.9 Å². The van der Waals surface area contributed by atoms with Crippen LogP contribution >= 0.6 is 11.8 Å². The Bertz CT molecular complexity index is 748. The number of para-hydroxylation sites is 1. The molecule has 0 bridgehead atoms. The van der Waals surface area contributed by atoms with Crippen molar-refractivity contribution >= 4 is 28.4 Å². The van der Waals surface area contributed by atoms with Crippen molar-refractivity contribution in [3.8, 4) is 11.5 Å². The number of furan rings is 1. The van der Waals surface area contributed by atoms with Crippen molar-refractivity contribution in [3.05, 3.63) is 48.2 Å². The van der Waals surface area contributed by atoms with E-state index < -0.39 is 0 Å². The number of nitrogens with one attached hydrogen (secondary N) is 1. The van der Waals surface area contributed by atoms with E-state index in [0.717, 1.165) is 16.7 Å². The van der Waals surface area contributed by atoms with E-state index in [0.29, 0.717) is 10.6 Å². The lowest BCUT2D eigenvalue weighted by Gasteiger charge is -2.06. The van der Waals surface area contributed by atoms with Gasteiger partial charge in [0.2, 0.25) is 0 Å². The normalized spacial score (nSPS) is 17.1. The number of rotatable bonds is 1. The van der Waals surface area contributed by atoms with E-state index in [1.807, 2.05) is 30.3 Å². The maximum absolute atomic E-state index is 9.86. The van der Waals surface area contributed by atoms with Crippen molar-refractivity contribution in [3.63, 3.8) is 0 Å². The number of anilines is 1. The van der Waals surface area contributed by atoms with Crippen LogP contribution in [0.1, 0.15) is 11.1 Å². The van der Waals surface area contributed by atoms with Gasteiger partial charge in [0, 0.05) is 5.39 Å². The van der Waals surface area contributed by atoms with Crippen molar-refractivity contribution < 1.29 is 14.6 Å². The number of fused-ring (bicyclic) bond motifs is 2. The Kier molecular flexibility index (Phi) is 2.37. The molecule has 3 aromatic rings. The smallest absolute Gasteiger partial charge is 0.140 e. The fourth-order valence-corrected chi connectivity index (χ4v) is 3.47. The lowest BCUT2D eigenvalue weighted by atomic mass is 10.2. The molecule has 1 atom stereocenters. The van der Waals surface area contributed by atoms with Crippen molar-refractivity contribution in [2.45, 2.75) is 10.3 Å². The first-order chi connectivity index (χ1) is 9.72. The van der Waals surface area contributed by atoms with Crippen LogP contribution in [0, 0.1) is 0 Å². The summed E-state index contributed by atoms with van der Waals surface area (Å²) in [7, 11) is 0. The third-order valence-electron chi connectivity index (χ3n) is 3.33. The molecule has 2 aromatic carbocycles. The molecule has 1 aliphatic rings. The van der Waals surface area contributed by atoms with Crippen LogP contribution in [0.15, 0.2) is 51.8 Å². The number of phenols is 2. The first-order valence-corrected chi connectivity index (χ1v) is 7.07. The maximum atomic E-state index is 9.86. The standard InChI is InChI=1S/C15H11NO3S/c17-9-5-6-10(18)14-13(9)16-15(20-14)12-7-8-3-1-2-4-11(8)19-12/h1-7,15-18H. The van der Waals surface area contributed by atoms with Gasteiger partial charge in [-0.2, -0.15) is 0 Å². The fraction of sp³-hybridized carbons (Fsp3) is 0.0667. The molecule has 0 fully saturated rings. The van der Waals surface area contributed by atoms with Gasteiger partial charge in [0.05, 0.1) is 10.6 Å². The van der Waals surface area contributed by atoms with Gasteiger partial charge in [-0.1, -0.05) is 30.0 Å². The molecule has 4 nitrogen and oxygen atoms in total. The number of thioether (sulfide) groups is 1. The highest BCUT2D eigenvalue weighted by Gasteiger charge is 2.30. The number of hydrogen-bond donors (Lipinski definition) is 3. The van der Waals surface area contributed by atoms with Crippen LogP contribution in [0.25, 0.3) is 11.0 Å². The Hall–Kier alpha value is -2.27. The van der Waals surface area contributed by atoms with Gasteiger partial charge < -0.3 is 19.9 Å². The van der Waals surface area contributed by atoms with E-state index in [2.05, 4.69) is 5.32 Å². The number of hydrogen-bond acceptors (Lipinski definition) is 5. The van der Waals surface area contributed by atoms with Crippen LogP contribution in [-0.4, -0.2) is 10.2 Å². The van der Waals surface area contributed by atoms with Crippen LogP contribution in [0.3, 0.4) is 0 Å². The number of benzene rings is 2. The van der Waals surface area contributed by atoms with Crippen molar-refractivity contribution in [1.82, 2.24) is 0 Å². The molecule has 0 spiro atoms. The molecule has 0 amide bonds. The highest BCUT2D eigenvalue weighted by molar-refractivity contribution is 8.00. The quantitative estimate of drug-likeness (QED) is 0.465. The summed E-state index contributed by atoms with van der Waals surface area (Å²) in [6.45, 7) is 0. The topological polar surface area (TPSA) is 65.6 Å². The molecule has 1 aliphatic heterocycles. The minimum Gasteiger partial charge on any atom is -0.507 e. The molecule has 0 radical (unpaired) electrons. The Morgan fingerprint density at radius 2 is 1.85 bits per heavy atom. The van der Waals surface area contributed by atoms with Gasteiger partial charge in [0.15, 0.2) is 0 Å². The first kappa shape index (κ1) is 11.5. The summed E-state index contributed by atoms with van der Waals surface area (Å²) in [6.07, 6.45) is 0. The highest BCUT2D eigenvalue weighted by Crippen LogP contribution is 2.54. The van der Waals surface area contributed by atoms with Gasteiger partial charge >= 0.3 is 0 Å². The van der Waals surface area contributed by atoms with E-state index in [1.54, 1.807) is 0 Å². The SMILES string of the molecule is Oc1ccc(O)c2c1NC(c1cc3ccccc3o1)S2. The molecule has 1 unspecified atom stereocenters. The minimum atomic E-state index is -0.156. The summed E-state index contributed by atoms with van der Waals surface area (Å²) in [5, 5.41) is 23.8. The molecule has 4 rings (SSSR count). The van der Waals surface area contributed by atoms with Crippen LogP contribution < -0.4 is 5.32 Å². The van der Waals surface area contributed by atoms with E-state index in [4.69, 9.17) is 4.42 Å². The predicted molar refractivity (Wildman–Crippen MR) is 78.2 cm³/mol. The van der Waals surface area contributed by atoms with E-state index >= 15 is 0 Å². The van der Waals surface area contributed by atoms with E-state index in [9.17, 15) is 10.2 Å². The van der Waals surface area contributed by atoms with Gasteiger partial charge in [0.25, 0.3) is 0 Å². The molecular formula is C15H11NO3S. The van der Waals surface area contributed by atoms with Crippen LogP contribution in [-0.2, 0) is 0 Å². The molecule has 0 saturated carbocycles. The maximum Gasteiger partial charge on any atom is 0.140 e. The molecular weight excluding hydrogens is 274 g/mol. The third kappa shape index (κ3) is 1.63. The Labute approximate surface area is 119 Å². The number of aromatic hydroxyl groups is 2. The largest absolute Gasteiger partial charge is 0.507 e. The summed E-state index contributed by atoms with van der Waals surface area (Å²) in [4.78, 5) is 0.649. The molecule has 20 heavy (non-hydrogen) atoms. The summed E-state index contributed by atoms with van der Waals surface area (Å²) in [6, 6.07) is 12.7. The third-order valence-corrected chi connectivity index (χ3v) is 4.56. The van der Waals surface area contributed by atoms with Gasteiger partial charge in [-0.05, 0) is 24.3 Å². The molecule has 3 N–H and O–H groups in total. The molecule has 100 valence electrons. The van der Waals surface area contributed by atoms with Crippen molar-refractivity contribution in [2.24, 2.45) is 0 Å². The summed E-state index contributed by atoms with van der Waals surface area (Å²) >= 11 is 1.43. The summed E-state index contributed by atoms with van der Waals surface area (Å²) < 4.78 is 5.82. The Morgan fingerprint density at radius 1 is 1.05 bits per heavy atom. The molecule has 5 heteroatoms. The Balaban J connectivity index is 1.76. The zero-order chi connectivity index (χ0) is 13.7. The van der Waals surface area contributed by atoms with Gasteiger partial charge in [-0.15, -0.1) is 0 Å². The zero-order valence-electron chi connectivity index (χ0n) is 10.3. The lowest BCUT2D eigenvalue weighted by molar-refractivity contribution is 0.451. The van der Waals surface area contributed by atoms with Gasteiger partial charge in [-0.3, -0.25) is 0 Å². The van der Waals surface area contributed by atoms with Gasteiger partial charge in [-0.25, -0.2) is 0 Å². The average molecular weight is 285 g/mol. The van der Waals surface area contributed by atoms with Crippen LogP contribution in [0.4, 0.5) is 5.69 Å². The van der Waals surface area contributed by atoms with Gasteiger partial charge in [0.1, 0.15) is 28.2 Å². The summed E-state index contributed by atoms with van der Waals surface area (Å²) in [5.41, 5.74) is 1.38. The summed E-state index contributed by atoms with van der Waals surface area (Å²) in [5.74, 6) is 1.06. The van der Waals surface area contributed by atoms with E-state index in [-0.39, 0.29) is 16.9 Å². The second-order valence-corrected chi connectivity index (χ2v) is 5.75. The van der Waals surface area contributed by atoms with Crippen molar-refractivity contribution in [1.29, 1.82) is 0 Å². The average Bonchev–Trinajstić information content (AvgIpc) is 3.06. The monoisotopic (exact) mass is 285 g/mol. The second-order valence-electron chi connectivity index (χ2n) is 4.64. The molecule has 2 heterocycles. The second kappa shape index (κ2) is 4.11. The zero-order valence-corrected chi connectivity index (χ0v) is 11.1. The Morgan fingerprint density at radius 3 is 2.65 bits per heavy atom. The molecule has 1 aromatic heterocycles. The van der Waals surface area contributed by atoms with Crippen molar-refractivity contribution in [2.75, 3.05) is 5.32 Å². The van der Waals surface area contributed by atoms with Crippen LogP contribution in [0.5, 0.6) is 11.5 Å². The highest BCUT2D eigenvalue weighted by atomic mass is 32.2. The predicted octanol–water partition coefficient (Wildman–Crippen LogP) is 4.06. The number of phenolic OH excluding ortho intramolecular Hbond substituents is 2. The minimum absolute atomic E-state index is 0.129.